The van der Waals surface area contributed by atoms with Gasteiger partial charge in [-0.15, -0.1) is 0 Å². The van der Waals surface area contributed by atoms with Gasteiger partial charge in [0.15, 0.2) is 0 Å². The van der Waals surface area contributed by atoms with Gasteiger partial charge in [0.1, 0.15) is 6.08 Å². The monoisotopic (exact) mass is 255 g/mol. The van der Waals surface area contributed by atoms with Crippen molar-refractivity contribution in [3.63, 3.8) is 0 Å². The highest BCUT2D eigenvalue weighted by atomic mass is 16.5. The molecule has 2 heterocycles. The number of pyridine rings is 1. The Labute approximate surface area is 115 Å². The predicted octanol–water partition coefficient (Wildman–Crippen LogP) is 2.66. The summed E-state index contributed by atoms with van der Waals surface area (Å²) < 4.78 is 14.2. The van der Waals surface area contributed by atoms with Crippen LogP contribution in [-0.4, -0.2) is 29.6 Å². The number of hydrogen-bond acceptors (Lipinski definition) is 3. The van der Waals surface area contributed by atoms with Crippen LogP contribution in [0.15, 0.2) is 54.7 Å². The number of nitrogens with zero attached hydrogens (tertiary/aromatic N) is 2. The van der Waals surface area contributed by atoms with E-state index >= 15 is 0 Å². The molecular weight excluding hydrogens is 236 g/mol. The van der Waals surface area contributed by atoms with Crippen LogP contribution in [0.5, 0.6) is 0 Å². The highest BCUT2D eigenvalue weighted by Crippen LogP contribution is 2.21. The molecular formula is C16H18N2O. The van der Waals surface area contributed by atoms with Crippen LogP contribution < -0.4 is 0 Å². The zero-order valence-electron chi connectivity index (χ0n) is 11.8. The number of rotatable bonds is 3. The molecule has 0 amide bonds. The molecule has 0 spiro atoms. The minimum atomic E-state index is -1.06. The first-order valence-corrected chi connectivity index (χ1v) is 6.58. The number of aromatic nitrogens is 1. The highest BCUT2D eigenvalue weighted by molar-refractivity contribution is 5.15. The fourth-order valence-electron chi connectivity index (χ4n) is 2.28. The average molecular weight is 255 g/mol. The molecule has 3 heteroatoms. The van der Waals surface area contributed by atoms with Crippen molar-refractivity contribution in [1.29, 1.82) is 0 Å². The molecule has 1 atom stereocenters. The number of ether oxygens (including phenoxy) is 1. The van der Waals surface area contributed by atoms with E-state index in [2.05, 4.69) is 22.0 Å². The number of morpholine rings is 1. The molecule has 0 N–H and O–H groups in total. The van der Waals surface area contributed by atoms with Crippen LogP contribution in [0.1, 0.15) is 18.7 Å². The van der Waals surface area contributed by atoms with Crippen LogP contribution in [0.2, 0.25) is 0 Å². The maximum Gasteiger partial charge on any atom is 0.112 e. The zero-order valence-corrected chi connectivity index (χ0v) is 10.8. The van der Waals surface area contributed by atoms with E-state index in [1.807, 2.05) is 36.4 Å². The fourth-order valence-corrected chi connectivity index (χ4v) is 2.28. The van der Waals surface area contributed by atoms with E-state index in [4.69, 9.17) is 6.11 Å². The summed E-state index contributed by atoms with van der Waals surface area (Å²) in [4.78, 5) is 6.53. The van der Waals surface area contributed by atoms with Crippen molar-refractivity contribution in [2.24, 2.45) is 0 Å². The first-order chi connectivity index (χ1) is 9.76. The van der Waals surface area contributed by atoms with Gasteiger partial charge >= 0.3 is 0 Å². The standard InChI is InChI=1S/C16H18N2O/c1-2-6-14(7-3-1)12-18-10-11-19-16(13-18)15-8-4-5-9-17-15/h1-9,16H,10-13H2/i16D. The molecule has 3 rings (SSSR count). The summed E-state index contributed by atoms with van der Waals surface area (Å²) in [6.07, 6.45) is 0.652. The molecule has 1 unspecified atom stereocenters. The summed E-state index contributed by atoms with van der Waals surface area (Å²) in [5.41, 5.74) is 1.94. The van der Waals surface area contributed by atoms with Gasteiger partial charge in [-0.25, -0.2) is 0 Å². The normalized spacial score (nSPS) is 24.9. The zero-order chi connectivity index (χ0) is 13.8. The quantitative estimate of drug-likeness (QED) is 0.843. The second-order valence-corrected chi connectivity index (χ2v) is 4.68. The number of hydrogen-bond donors (Lipinski definition) is 0. The Hall–Kier alpha value is -1.71. The van der Waals surface area contributed by atoms with Crippen molar-refractivity contribution < 1.29 is 6.11 Å². The van der Waals surface area contributed by atoms with Crippen molar-refractivity contribution in [2.75, 3.05) is 19.7 Å². The Bertz CT molecular complexity index is 549. The lowest BCUT2D eigenvalue weighted by Crippen LogP contribution is -2.38. The maximum atomic E-state index is 8.53. The summed E-state index contributed by atoms with van der Waals surface area (Å²) in [5, 5.41) is 0. The third kappa shape index (κ3) is 3.19. The largest absolute Gasteiger partial charge is 0.369 e. The van der Waals surface area contributed by atoms with Crippen LogP contribution in [-0.2, 0) is 11.3 Å². The highest BCUT2D eigenvalue weighted by Gasteiger charge is 2.22. The third-order valence-corrected chi connectivity index (χ3v) is 3.25. The molecule has 1 aliphatic heterocycles. The molecule has 1 aromatic heterocycles. The minimum absolute atomic E-state index is 0.541. The van der Waals surface area contributed by atoms with Gasteiger partial charge in [-0.3, -0.25) is 9.88 Å². The molecule has 1 saturated heterocycles. The molecule has 1 aromatic carbocycles. The number of benzene rings is 1. The van der Waals surface area contributed by atoms with E-state index < -0.39 is 6.08 Å². The van der Waals surface area contributed by atoms with E-state index in [0.717, 1.165) is 13.1 Å². The van der Waals surface area contributed by atoms with E-state index in [1.165, 1.54) is 5.56 Å². The van der Waals surface area contributed by atoms with E-state index in [1.54, 1.807) is 6.20 Å². The predicted molar refractivity (Wildman–Crippen MR) is 74.6 cm³/mol. The molecule has 0 bridgehead atoms. The van der Waals surface area contributed by atoms with Gasteiger partial charge in [-0.1, -0.05) is 36.4 Å². The van der Waals surface area contributed by atoms with Crippen molar-refractivity contribution in [3.8, 4) is 0 Å². The van der Waals surface area contributed by atoms with Crippen LogP contribution in [0.3, 0.4) is 0 Å². The third-order valence-electron chi connectivity index (χ3n) is 3.25. The smallest absolute Gasteiger partial charge is 0.112 e. The Balaban J connectivity index is 1.73. The molecule has 0 saturated carbocycles. The molecule has 98 valence electrons. The van der Waals surface area contributed by atoms with Crippen molar-refractivity contribution in [3.05, 3.63) is 66.0 Å². The summed E-state index contributed by atoms with van der Waals surface area (Å²) in [7, 11) is 0. The Morgan fingerprint density at radius 2 is 2.05 bits per heavy atom. The van der Waals surface area contributed by atoms with Gasteiger partial charge in [-0.2, -0.15) is 0 Å². The van der Waals surface area contributed by atoms with Gasteiger partial charge in [0.25, 0.3) is 0 Å². The average Bonchev–Trinajstić information content (AvgIpc) is 2.49. The topological polar surface area (TPSA) is 25.4 Å². The molecule has 0 radical (unpaired) electrons. The summed E-state index contributed by atoms with van der Waals surface area (Å²) in [6, 6.07) is 16.0. The van der Waals surface area contributed by atoms with Crippen molar-refractivity contribution in [1.82, 2.24) is 9.88 Å². The van der Waals surface area contributed by atoms with Gasteiger partial charge in [0, 0.05) is 25.8 Å². The van der Waals surface area contributed by atoms with Crippen LogP contribution in [0.25, 0.3) is 0 Å². The van der Waals surface area contributed by atoms with E-state index in [0.29, 0.717) is 18.8 Å². The molecule has 3 nitrogen and oxygen atoms in total. The van der Waals surface area contributed by atoms with Gasteiger partial charge in [0.2, 0.25) is 0 Å². The van der Waals surface area contributed by atoms with Crippen molar-refractivity contribution >= 4 is 0 Å². The molecule has 2 aromatic rings. The second-order valence-electron chi connectivity index (χ2n) is 4.68. The van der Waals surface area contributed by atoms with Crippen LogP contribution >= 0.6 is 0 Å². The second kappa shape index (κ2) is 5.95. The summed E-state index contributed by atoms with van der Waals surface area (Å²) >= 11 is 0. The van der Waals surface area contributed by atoms with E-state index in [-0.39, 0.29) is 0 Å². The first-order valence-electron chi connectivity index (χ1n) is 7.08. The van der Waals surface area contributed by atoms with Crippen LogP contribution in [0, 0.1) is 0 Å². The lowest BCUT2D eigenvalue weighted by Gasteiger charge is -2.32. The Kier molecular flexibility index (Phi) is 3.49. The molecule has 0 aliphatic carbocycles. The lowest BCUT2D eigenvalue weighted by atomic mass is 10.1. The van der Waals surface area contributed by atoms with Gasteiger partial charge in [-0.05, 0) is 17.7 Å². The lowest BCUT2D eigenvalue weighted by molar-refractivity contribution is -0.0349. The fraction of sp³-hybridized carbons (Fsp3) is 0.312. The molecule has 1 fully saturated rings. The van der Waals surface area contributed by atoms with Crippen molar-refractivity contribution in [2.45, 2.75) is 12.6 Å². The SMILES string of the molecule is [2H]C1(c2ccccn2)CN(Cc2ccccc2)CCO1. The van der Waals surface area contributed by atoms with Crippen LogP contribution in [0.4, 0.5) is 0 Å². The summed E-state index contributed by atoms with van der Waals surface area (Å²) in [5.74, 6) is 0. The Morgan fingerprint density at radius 1 is 1.21 bits per heavy atom. The van der Waals surface area contributed by atoms with Gasteiger partial charge < -0.3 is 4.74 Å². The molecule has 19 heavy (non-hydrogen) atoms. The maximum absolute atomic E-state index is 8.53. The first kappa shape index (κ1) is 11.1. The Morgan fingerprint density at radius 3 is 2.84 bits per heavy atom. The van der Waals surface area contributed by atoms with Gasteiger partial charge in [0.05, 0.1) is 13.7 Å². The minimum Gasteiger partial charge on any atom is -0.369 e. The molecule has 1 aliphatic rings. The summed E-state index contributed by atoms with van der Waals surface area (Å²) in [6.45, 7) is 2.80. The van der Waals surface area contributed by atoms with E-state index in [9.17, 15) is 0 Å².